The summed E-state index contributed by atoms with van der Waals surface area (Å²) in [6.45, 7) is 1.95. The fourth-order valence-electron chi connectivity index (χ4n) is 3.21. The van der Waals surface area contributed by atoms with Crippen LogP contribution in [0.2, 0.25) is 0 Å². The van der Waals surface area contributed by atoms with Crippen LogP contribution in [-0.4, -0.2) is 26.1 Å². The highest BCUT2D eigenvalue weighted by atomic mass is 32.1. The molecular weight excluding hydrogens is 427 g/mol. The van der Waals surface area contributed by atoms with E-state index < -0.39 is 11.7 Å². The second-order valence-electron chi connectivity index (χ2n) is 6.86. The average Bonchev–Trinajstić information content (AvgIpc) is 3.32. The quantitative estimate of drug-likeness (QED) is 0.438. The number of hydrogen-bond acceptors (Lipinski definition) is 6. The van der Waals surface area contributed by atoms with Gasteiger partial charge in [-0.1, -0.05) is 0 Å². The molecule has 1 aromatic carbocycles. The summed E-state index contributed by atoms with van der Waals surface area (Å²) in [4.78, 5) is 13.4. The number of nitrogens with zero attached hydrogens (tertiary/aromatic N) is 5. The number of alkyl halides is 3. The first-order chi connectivity index (χ1) is 14.8. The molecule has 31 heavy (non-hydrogen) atoms. The third kappa shape index (κ3) is 4.09. The minimum Gasteiger partial charge on any atom is -0.493 e. The van der Waals surface area contributed by atoms with Gasteiger partial charge in [0, 0.05) is 23.9 Å². The molecule has 0 amide bonds. The van der Waals surface area contributed by atoms with Crippen LogP contribution in [0, 0.1) is 18.3 Å². The number of thiazole rings is 1. The first kappa shape index (κ1) is 20.8. The zero-order valence-electron chi connectivity index (χ0n) is 16.6. The van der Waals surface area contributed by atoms with E-state index in [1.54, 1.807) is 23.2 Å². The largest absolute Gasteiger partial charge is 0.493 e. The van der Waals surface area contributed by atoms with Gasteiger partial charge in [0.15, 0.2) is 5.69 Å². The van der Waals surface area contributed by atoms with E-state index in [1.165, 1.54) is 29.8 Å². The molecule has 0 atom stereocenters. The Morgan fingerprint density at radius 1 is 1.23 bits per heavy atom. The van der Waals surface area contributed by atoms with Crippen LogP contribution in [0.1, 0.15) is 21.8 Å². The number of aryl methyl sites for hydroxylation is 2. The zero-order valence-corrected chi connectivity index (χ0v) is 17.4. The van der Waals surface area contributed by atoms with Gasteiger partial charge in [0.1, 0.15) is 17.3 Å². The highest BCUT2D eigenvalue weighted by Crippen LogP contribution is 2.39. The van der Waals surface area contributed by atoms with Gasteiger partial charge in [-0.2, -0.15) is 18.4 Å². The number of nitriles is 1. The number of rotatable bonds is 5. The summed E-state index contributed by atoms with van der Waals surface area (Å²) in [5, 5.41) is 9.37. The Morgan fingerprint density at radius 2 is 2.03 bits per heavy atom. The van der Waals surface area contributed by atoms with Gasteiger partial charge < -0.3 is 9.30 Å². The number of fused-ring (bicyclic) bond motifs is 1. The lowest BCUT2D eigenvalue weighted by Crippen LogP contribution is -2.11. The lowest BCUT2D eigenvalue weighted by molar-refractivity contribution is -0.138. The summed E-state index contributed by atoms with van der Waals surface area (Å²) in [6.07, 6.45) is -2.61. The number of ether oxygens (including phenoxy) is 1. The van der Waals surface area contributed by atoms with E-state index in [-0.39, 0.29) is 29.3 Å². The van der Waals surface area contributed by atoms with Crippen molar-refractivity contribution in [2.24, 2.45) is 7.05 Å². The van der Waals surface area contributed by atoms with Crippen molar-refractivity contribution in [1.82, 2.24) is 19.5 Å². The van der Waals surface area contributed by atoms with Crippen molar-refractivity contribution < 1.29 is 17.9 Å². The Balaban J connectivity index is 1.69. The predicted octanol–water partition coefficient (Wildman–Crippen LogP) is 4.91. The van der Waals surface area contributed by atoms with Crippen LogP contribution in [0.4, 0.5) is 13.2 Å². The highest BCUT2D eigenvalue weighted by Gasteiger charge is 2.35. The van der Waals surface area contributed by atoms with Crippen LogP contribution in [0.5, 0.6) is 5.75 Å². The minimum absolute atomic E-state index is 0.0573. The molecule has 4 aromatic rings. The molecule has 0 saturated heterocycles. The molecule has 0 aliphatic rings. The van der Waals surface area contributed by atoms with Crippen molar-refractivity contribution in [2.75, 3.05) is 6.61 Å². The number of imidazole rings is 1. The van der Waals surface area contributed by atoms with Gasteiger partial charge in [-0.3, -0.25) is 0 Å². The fourth-order valence-corrected chi connectivity index (χ4v) is 3.97. The van der Waals surface area contributed by atoms with E-state index in [0.29, 0.717) is 17.5 Å². The maximum Gasteiger partial charge on any atom is 0.419 e. The van der Waals surface area contributed by atoms with Gasteiger partial charge in [-0.25, -0.2) is 15.0 Å². The molecule has 0 aliphatic heterocycles. The molecule has 3 heterocycles. The van der Waals surface area contributed by atoms with Gasteiger partial charge in [-0.05, 0) is 31.2 Å². The van der Waals surface area contributed by atoms with E-state index in [2.05, 4.69) is 15.0 Å². The van der Waals surface area contributed by atoms with Crippen LogP contribution in [-0.2, 0) is 19.6 Å². The molecule has 0 unspecified atom stereocenters. The van der Waals surface area contributed by atoms with Crippen molar-refractivity contribution >= 4 is 22.4 Å². The lowest BCUT2D eigenvalue weighted by Gasteiger charge is -2.15. The van der Waals surface area contributed by atoms with Crippen molar-refractivity contribution in [3.63, 3.8) is 0 Å². The second-order valence-corrected chi connectivity index (χ2v) is 7.80. The van der Waals surface area contributed by atoms with Gasteiger partial charge in [0.2, 0.25) is 0 Å². The normalized spacial score (nSPS) is 11.6. The standard InChI is InChI=1S/C21H16F3N5OS/c1-12-19(31-11-27-12)5-6-30-18-4-3-13(7-14(18)21(22,23)24)15-8-17-20(16(9-25)28-15)26-10-29(17)2/h3-4,7-8,10-11H,5-6H2,1-2H3. The highest BCUT2D eigenvalue weighted by molar-refractivity contribution is 7.09. The number of aromatic nitrogens is 4. The Hall–Kier alpha value is -3.45. The molecule has 4 rings (SSSR count). The Bertz CT molecular complexity index is 1300. The van der Waals surface area contributed by atoms with E-state index in [1.807, 2.05) is 13.0 Å². The SMILES string of the molecule is Cc1ncsc1CCOc1ccc(-c2cc3c(ncn3C)c(C#N)n2)cc1C(F)(F)F. The molecule has 10 heteroatoms. The van der Waals surface area contributed by atoms with E-state index in [4.69, 9.17) is 4.74 Å². The van der Waals surface area contributed by atoms with Crippen molar-refractivity contribution in [2.45, 2.75) is 19.5 Å². The molecule has 3 aromatic heterocycles. The number of hydrogen-bond donors (Lipinski definition) is 0. The smallest absolute Gasteiger partial charge is 0.419 e. The monoisotopic (exact) mass is 443 g/mol. The Kier molecular flexibility index (Phi) is 5.37. The van der Waals surface area contributed by atoms with Gasteiger partial charge in [0.05, 0.1) is 40.9 Å². The molecule has 0 N–H and O–H groups in total. The van der Waals surface area contributed by atoms with Crippen LogP contribution < -0.4 is 4.74 Å². The third-order valence-corrected chi connectivity index (χ3v) is 5.83. The van der Waals surface area contributed by atoms with Gasteiger partial charge in [-0.15, -0.1) is 11.3 Å². The fraction of sp³-hybridized carbons (Fsp3) is 0.238. The summed E-state index contributed by atoms with van der Waals surface area (Å²) in [7, 11) is 1.74. The molecular formula is C21H16F3N5OS. The van der Waals surface area contributed by atoms with Crippen LogP contribution in [0.25, 0.3) is 22.3 Å². The van der Waals surface area contributed by atoms with Crippen molar-refractivity contribution in [1.29, 1.82) is 5.26 Å². The summed E-state index contributed by atoms with van der Waals surface area (Å²) < 4.78 is 48.4. The molecule has 0 aliphatic carbocycles. The summed E-state index contributed by atoms with van der Waals surface area (Å²) in [6, 6.07) is 7.37. The van der Waals surface area contributed by atoms with Crippen molar-refractivity contribution in [3.05, 3.63) is 57.9 Å². The van der Waals surface area contributed by atoms with E-state index >= 15 is 0 Å². The summed E-state index contributed by atoms with van der Waals surface area (Å²) >= 11 is 1.45. The zero-order chi connectivity index (χ0) is 22.2. The molecule has 0 fully saturated rings. The topological polar surface area (TPSA) is 76.6 Å². The van der Waals surface area contributed by atoms with E-state index in [0.717, 1.165) is 16.6 Å². The molecule has 0 radical (unpaired) electrons. The second kappa shape index (κ2) is 8.00. The maximum absolute atomic E-state index is 13.7. The molecule has 0 saturated carbocycles. The summed E-state index contributed by atoms with van der Waals surface area (Å²) in [5.74, 6) is -0.250. The van der Waals surface area contributed by atoms with Crippen LogP contribution >= 0.6 is 11.3 Å². The Morgan fingerprint density at radius 3 is 2.71 bits per heavy atom. The average molecular weight is 443 g/mol. The maximum atomic E-state index is 13.7. The number of benzene rings is 1. The summed E-state index contributed by atoms with van der Waals surface area (Å²) in [5.41, 5.74) is 3.21. The van der Waals surface area contributed by atoms with Crippen LogP contribution in [0.15, 0.2) is 36.1 Å². The first-order valence-electron chi connectivity index (χ1n) is 9.23. The van der Waals surface area contributed by atoms with Crippen molar-refractivity contribution in [3.8, 4) is 23.1 Å². The van der Waals surface area contributed by atoms with Gasteiger partial charge in [0.25, 0.3) is 0 Å². The third-order valence-electron chi connectivity index (χ3n) is 4.83. The number of halogens is 3. The first-order valence-corrected chi connectivity index (χ1v) is 10.1. The minimum atomic E-state index is -4.61. The van der Waals surface area contributed by atoms with Gasteiger partial charge >= 0.3 is 6.18 Å². The molecule has 0 bridgehead atoms. The van der Waals surface area contributed by atoms with Crippen LogP contribution in [0.3, 0.4) is 0 Å². The Labute approximate surface area is 179 Å². The molecule has 0 spiro atoms. The van der Waals surface area contributed by atoms with E-state index in [9.17, 15) is 18.4 Å². The number of pyridine rings is 1. The lowest BCUT2D eigenvalue weighted by atomic mass is 10.1. The molecule has 158 valence electrons. The molecule has 6 nitrogen and oxygen atoms in total. The predicted molar refractivity (Wildman–Crippen MR) is 110 cm³/mol.